The molecule has 3 aromatic heterocycles. The monoisotopic (exact) mass is 469 g/mol. The van der Waals surface area contributed by atoms with E-state index < -0.39 is 17.7 Å². The number of fused-ring (bicyclic) bond motifs is 3. The minimum absolute atomic E-state index is 0.00897. The number of benzene rings is 1. The first kappa shape index (κ1) is 22.5. The summed E-state index contributed by atoms with van der Waals surface area (Å²) in [7, 11) is 0. The van der Waals surface area contributed by atoms with Crippen molar-refractivity contribution >= 4 is 28.2 Å². The largest absolute Gasteiger partial charge is 0.851 e. The average molecular weight is 470 g/mol. The summed E-state index contributed by atoms with van der Waals surface area (Å²) in [5.41, 5.74) is 8.20. The van der Waals surface area contributed by atoms with Crippen molar-refractivity contribution in [2.75, 3.05) is 23.7 Å². The van der Waals surface area contributed by atoms with Gasteiger partial charge in [0.25, 0.3) is 0 Å². The van der Waals surface area contributed by atoms with Crippen LogP contribution in [0.5, 0.6) is 0 Å². The maximum atomic E-state index is 14.3. The molecule has 4 heterocycles. The molecule has 4 atom stereocenters. The number of hydrogen-bond donors (Lipinski definition) is 1. The predicted octanol–water partition coefficient (Wildman–Crippen LogP) is 2.58. The van der Waals surface area contributed by atoms with E-state index >= 15 is 0 Å². The number of halogens is 2. The summed E-state index contributed by atoms with van der Waals surface area (Å²) >= 11 is 0. The Hall–Kier alpha value is -3.34. The molecule has 1 aliphatic rings. The molecule has 0 aliphatic carbocycles. The fourth-order valence-corrected chi connectivity index (χ4v) is 4.92. The van der Waals surface area contributed by atoms with Gasteiger partial charge in [-0.05, 0) is 32.3 Å². The minimum Gasteiger partial charge on any atom is -0.851 e. The van der Waals surface area contributed by atoms with Crippen LogP contribution in [0.1, 0.15) is 50.7 Å². The third kappa shape index (κ3) is 3.64. The molecule has 0 radical (unpaired) electrons. The molecule has 1 aromatic carbocycles. The molecule has 180 valence electrons. The van der Waals surface area contributed by atoms with E-state index in [0.29, 0.717) is 18.3 Å². The summed E-state index contributed by atoms with van der Waals surface area (Å²) in [4.78, 5) is 11.0. The fourth-order valence-electron chi connectivity index (χ4n) is 4.92. The average Bonchev–Trinajstić information content (AvgIpc) is 3.38. The fraction of sp³-hybridized carbons (Fsp3) is 0.478. The Labute approximate surface area is 195 Å². The number of hydrogen-bond acceptors (Lipinski definition) is 7. The standard InChI is InChI=1S/C23H27F2N8O/c1-11-5-15(10-31(9-11)19-8-27-32(13(19)3)12(2)14(4)34)21-29-22-17-6-16(24)7-18(25)20(17)28-23(26)33(22)30-21/h6-8,11-12,14-15H,5,9-10H2,1-4H3,(H2,26,28)/q-1. The lowest BCUT2D eigenvalue weighted by atomic mass is 9.89. The van der Waals surface area contributed by atoms with Gasteiger partial charge in [0.15, 0.2) is 17.3 Å². The number of aromatic nitrogens is 6. The van der Waals surface area contributed by atoms with Gasteiger partial charge in [0.05, 0.1) is 23.0 Å². The molecule has 4 aromatic rings. The summed E-state index contributed by atoms with van der Waals surface area (Å²) in [6.45, 7) is 9.12. The van der Waals surface area contributed by atoms with Crippen molar-refractivity contribution in [3.63, 3.8) is 0 Å². The number of piperidine rings is 1. The topological polar surface area (TPSA) is 113 Å². The highest BCUT2D eigenvalue weighted by Crippen LogP contribution is 2.34. The second-order valence-electron chi connectivity index (χ2n) is 9.41. The van der Waals surface area contributed by atoms with E-state index in [0.717, 1.165) is 30.4 Å². The van der Waals surface area contributed by atoms with Crippen LogP contribution in [0.2, 0.25) is 0 Å². The van der Waals surface area contributed by atoms with Crippen molar-refractivity contribution in [2.24, 2.45) is 5.92 Å². The number of rotatable bonds is 4. The summed E-state index contributed by atoms with van der Waals surface area (Å²) in [5.74, 6) is -0.657. The van der Waals surface area contributed by atoms with E-state index in [-0.39, 0.29) is 34.5 Å². The SMILES string of the molecule is Cc1c(N2CC(C)CC(c3nc4c5cc(F)cc(F)c5nc(N)n4n3)C2)cnn1C(C)C(C)[O-]. The van der Waals surface area contributed by atoms with Gasteiger partial charge in [0.2, 0.25) is 5.95 Å². The molecule has 1 aliphatic heterocycles. The van der Waals surface area contributed by atoms with E-state index in [1.54, 1.807) is 17.8 Å². The second kappa shape index (κ2) is 8.15. The number of nitrogen functional groups attached to an aromatic ring is 1. The molecule has 0 saturated carbocycles. The highest BCUT2D eigenvalue weighted by Gasteiger charge is 2.31. The Morgan fingerprint density at radius 1 is 1.18 bits per heavy atom. The van der Waals surface area contributed by atoms with Gasteiger partial charge in [-0.15, -0.1) is 11.2 Å². The van der Waals surface area contributed by atoms with Gasteiger partial charge in [0.1, 0.15) is 11.3 Å². The van der Waals surface area contributed by atoms with Crippen LogP contribution in [0.15, 0.2) is 18.3 Å². The van der Waals surface area contributed by atoms with E-state index in [4.69, 9.17) is 5.73 Å². The summed E-state index contributed by atoms with van der Waals surface area (Å²) in [6, 6.07) is 1.72. The quantitative estimate of drug-likeness (QED) is 0.489. The third-order valence-corrected chi connectivity index (χ3v) is 6.79. The van der Waals surface area contributed by atoms with Crippen molar-refractivity contribution in [3.8, 4) is 0 Å². The number of nitrogens with two attached hydrogens (primary N) is 1. The lowest BCUT2D eigenvalue weighted by molar-refractivity contribution is -0.423. The summed E-state index contributed by atoms with van der Waals surface area (Å²) in [6.07, 6.45) is 1.88. The lowest BCUT2D eigenvalue weighted by Gasteiger charge is -2.37. The zero-order valence-corrected chi connectivity index (χ0v) is 19.5. The molecular weight excluding hydrogens is 442 g/mol. The van der Waals surface area contributed by atoms with Gasteiger partial charge < -0.3 is 15.7 Å². The van der Waals surface area contributed by atoms with Crippen molar-refractivity contribution in [1.82, 2.24) is 29.4 Å². The van der Waals surface area contributed by atoms with E-state index in [2.05, 4.69) is 32.0 Å². The second-order valence-corrected chi connectivity index (χ2v) is 9.41. The van der Waals surface area contributed by atoms with Crippen LogP contribution in [-0.4, -0.2) is 48.6 Å². The molecule has 11 heteroatoms. The molecule has 5 rings (SSSR count). The van der Waals surface area contributed by atoms with Gasteiger partial charge in [-0.3, -0.25) is 4.68 Å². The molecule has 9 nitrogen and oxygen atoms in total. The highest BCUT2D eigenvalue weighted by atomic mass is 19.1. The lowest BCUT2D eigenvalue weighted by Crippen LogP contribution is -2.39. The number of nitrogens with zero attached hydrogens (tertiary/aromatic N) is 7. The normalized spacial score (nSPS) is 20.9. The molecule has 1 fully saturated rings. The minimum atomic E-state index is -0.791. The zero-order valence-electron chi connectivity index (χ0n) is 19.5. The Morgan fingerprint density at radius 3 is 2.68 bits per heavy atom. The van der Waals surface area contributed by atoms with Crippen LogP contribution in [-0.2, 0) is 0 Å². The van der Waals surface area contributed by atoms with Gasteiger partial charge in [0, 0.05) is 31.1 Å². The van der Waals surface area contributed by atoms with Crippen LogP contribution in [0.3, 0.4) is 0 Å². The molecule has 34 heavy (non-hydrogen) atoms. The van der Waals surface area contributed by atoms with Crippen molar-refractivity contribution < 1.29 is 13.9 Å². The molecule has 1 saturated heterocycles. The highest BCUT2D eigenvalue weighted by molar-refractivity contribution is 5.92. The molecule has 0 amide bonds. The van der Waals surface area contributed by atoms with Gasteiger partial charge in [-0.2, -0.15) is 9.61 Å². The van der Waals surface area contributed by atoms with Gasteiger partial charge >= 0.3 is 0 Å². The maximum Gasteiger partial charge on any atom is 0.223 e. The first-order valence-electron chi connectivity index (χ1n) is 11.4. The van der Waals surface area contributed by atoms with Crippen molar-refractivity contribution in [2.45, 2.75) is 52.2 Å². The third-order valence-electron chi connectivity index (χ3n) is 6.79. The van der Waals surface area contributed by atoms with Crippen molar-refractivity contribution in [1.29, 1.82) is 0 Å². The Balaban J connectivity index is 1.53. The Kier molecular flexibility index (Phi) is 5.38. The molecule has 4 unspecified atom stereocenters. The van der Waals surface area contributed by atoms with Gasteiger partial charge in [-0.25, -0.2) is 18.7 Å². The van der Waals surface area contributed by atoms with Crippen LogP contribution in [0, 0.1) is 24.5 Å². The van der Waals surface area contributed by atoms with Crippen LogP contribution in [0.4, 0.5) is 20.4 Å². The molecule has 0 bridgehead atoms. The Morgan fingerprint density at radius 2 is 1.94 bits per heavy atom. The van der Waals surface area contributed by atoms with Gasteiger partial charge in [-0.1, -0.05) is 13.8 Å². The zero-order chi connectivity index (χ0) is 24.3. The van der Waals surface area contributed by atoms with E-state index in [9.17, 15) is 13.9 Å². The van der Waals surface area contributed by atoms with Crippen LogP contribution >= 0.6 is 0 Å². The maximum absolute atomic E-state index is 14.3. The number of anilines is 2. The van der Waals surface area contributed by atoms with Crippen molar-refractivity contribution in [3.05, 3.63) is 41.5 Å². The smallest absolute Gasteiger partial charge is 0.223 e. The van der Waals surface area contributed by atoms with Crippen LogP contribution < -0.4 is 15.7 Å². The molecule has 0 spiro atoms. The van der Waals surface area contributed by atoms with E-state index in [1.807, 2.05) is 13.8 Å². The van der Waals surface area contributed by atoms with Crippen LogP contribution in [0.25, 0.3) is 16.6 Å². The summed E-state index contributed by atoms with van der Waals surface area (Å²) in [5, 5.41) is 21.2. The van der Waals surface area contributed by atoms with E-state index in [1.165, 1.54) is 10.6 Å². The predicted molar refractivity (Wildman–Crippen MR) is 122 cm³/mol. The summed E-state index contributed by atoms with van der Waals surface area (Å²) < 4.78 is 31.4. The first-order valence-corrected chi connectivity index (χ1v) is 11.4. The first-order chi connectivity index (χ1) is 16.1. The Bertz CT molecular complexity index is 1380. The molecule has 2 N–H and O–H groups in total. The molecular formula is C23H27F2N8O-.